The Morgan fingerprint density at radius 2 is 1.86 bits per heavy atom. The Kier molecular flexibility index (Phi) is 4.54. The highest BCUT2D eigenvalue weighted by Crippen LogP contribution is 2.11. The van der Waals surface area contributed by atoms with Crippen molar-refractivity contribution in [2.24, 2.45) is 5.73 Å². The highest BCUT2D eigenvalue weighted by atomic mass is 32.2. The van der Waals surface area contributed by atoms with Crippen molar-refractivity contribution in [1.29, 1.82) is 5.41 Å². The van der Waals surface area contributed by atoms with E-state index in [9.17, 15) is 8.42 Å². The van der Waals surface area contributed by atoms with E-state index in [2.05, 4.69) is 0 Å². The molecule has 14 heavy (non-hydrogen) atoms. The third-order valence-corrected chi connectivity index (χ3v) is 4.49. The summed E-state index contributed by atoms with van der Waals surface area (Å²) in [6.45, 7) is 5.00. The minimum Gasteiger partial charge on any atom is -0.388 e. The van der Waals surface area contributed by atoms with Crippen LogP contribution in [0.4, 0.5) is 0 Å². The number of hydrogen-bond donors (Lipinski definition) is 2. The maximum atomic E-state index is 11.7. The summed E-state index contributed by atoms with van der Waals surface area (Å²) in [7, 11) is -1.72. The molecule has 0 aromatic carbocycles. The lowest BCUT2D eigenvalue weighted by molar-refractivity contribution is 0.391. The molecule has 0 bridgehead atoms. The third kappa shape index (κ3) is 3.26. The minimum atomic E-state index is -3.24. The van der Waals surface area contributed by atoms with Crippen LogP contribution in [0, 0.1) is 5.41 Å². The van der Waals surface area contributed by atoms with Crippen LogP contribution in [-0.4, -0.2) is 36.9 Å². The molecule has 84 valence electrons. The van der Waals surface area contributed by atoms with E-state index in [-0.39, 0.29) is 18.3 Å². The molecule has 1 unspecified atom stereocenters. The van der Waals surface area contributed by atoms with Gasteiger partial charge in [-0.15, -0.1) is 0 Å². The topological polar surface area (TPSA) is 87.2 Å². The summed E-state index contributed by atoms with van der Waals surface area (Å²) in [6.07, 6.45) is 0.266. The highest BCUT2D eigenvalue weighted by molar-refractivity contribution is 7.89. The molecule has 5 nitrogen and oxygen atoms in total. The van der Waals surface area contributed by atoms with Crippen LogP contribution in [0.2, 0.25) is 0 Å². The van der Waals surface area contributed by atoms with E-state index in [4.69, 9.17) is 11.1 Å². The van der Waals surface area contributed by atoms with Crippen LogP contribution in [0.1, 0.15) is 27.2 Å². The maximum absolute atomic E-state index is 11.7. The first-order valence-electron chi connectivity index (χ1n) is 4.49. The summed E-state index contributed by atoms with van der Waals surface area (Å²) in [5.41, 5.74) is 5.21. The van der Waals surface area contributed by atoms with Crippen molar-refractivity contribution in [2.45, 2.75) is 38.5 Å². The smallest absolute Gasteiger partial charge is 0.216 e. The standard InChI is InChI=1S/C8H19N3O2S/c1-6(2)14(12,13)11(4)7(3)5-8(9)10/h6-7H,5H2,1-4H3,(H3,9,10). The molecular formula is C8H19N3O2S. The van der Waals surface area contributed by atoms with Crippen LogP contribution in [0.15, 0.2) is 0 Å². The quantitative estimate of drug-likeness (QED) is 0.519. The molecule has 3 N–H and O–H groups in total. The van der Waals surface area contributed by atoms with E-state index < -0.39 is 15.3 Å². The lowest BCUT2D eigenvalue weighted by Crippen LogP contribution is -2.41. The normalized spacial score (nSPS) is 14.7. The number of sulfonamides is 1. The van der Waals surface area contributed by atoms with Crippen molar-refractivity contribution in [3.05, 3.63) is 0 Å². The minimum absolute atomic E-state index is 0.00306. The second-order valence-corrected chi connectivity index (χ2v) is 6.24. The van der Waals surface area contributed by atoms with Gasteiger partial charge in [-0.05, 0) is 20.8 Å². The number of hydrogen-bond acceptors (Lipinski definition) is 3. The van der Waals surface area contributed by atoms with Crippen molar-refractivity contribution in [3.8, 4) is 0 Å². The lowest BCUT2D eigenvalue weighted by atomic mass is 10.2. The Balaban J connectivity index is 4.62. The molecule has 0 amide bonds. The predicted molar refractivity (Wildman–Crippen MR) is 57.8 cm³/mol. The monoisotopic (exact) mass is 221 g/mol. The van der Waals surface area contributed by atoms with Crippen LogP contribution >= 0.6 is 0 Å². The first kappa shape index (κ1) is 13.4. The molecule has 0 aliphatic carbocycles. The molecule has 0 spiro atoms. The van der Waals surface area contributed by atoms with E-state index >= 15 is 0 Å². The van der Waals surface area contributed by atoms with Crippen LogP contribution in [-0.2, 0) is 10.0 Å². The Hall–Kier alpha value is -0.620. The van der Waals surface area contributed by atoms with Gasteiger partial charge < -0.3 is 5.73 Å². The van der Waals surface area contributed by atoms with Gasteiger partial charge in [-0.2, -0.15) is 0 Å². The SMILES string of the molecule is CC(CC(=N)N)N(C)S(=O)(=O)C(C)C. The molecule has 0 saturated carbocycles. The van der Waals surface area contributed by atoms with Gasteiger partial charge in [-0.1, -0.05) is 0 Å². The molecule has 0 aromatic rings. The Morgan fingerprint density at radius 3 is 2.14 bits per heavy atom. The van der Waals surface area contributed by atoms with Crippen molar-refractivity contribution >= 4 is 15.9 Å². The Bertz CT molecular complexity index is 298. The van der Waals surface area contributed by atoms with Gasteiger partial charge in [0.2, 0.25) is 10.0 Å². The van der Waals surface area contributed by atoms with Crippen molar-refractivity contribution < 1.29 is 8.42 Å². The zero-order chi connectivity index (χ0) is 11.5. The zero-order valence-electron chi connectivity index (χ0n) is 9.11. The van der Waals surface area contributed by atoms with Crippen LogP contribution in [0.25, 0.3) is 0 Å². The fourth-order valence-corrected chi connectivity index (χ4v) is 2.27. The van der Waals surface area contributed by atoms with Crippen molar-refractivity contribution in [3.63, 3.8) is 0 Å². The van der Waals surface area contributed by atoms with Gasteiger partial charge in [0.1, 0.15) is 0 Å². The Morgan fingerprint density at radius 1 is 1.43 bits per heavy atom. The van der Waals surface area contributed by atoms with Crippen molar-refractivity contribution in [2.75, 3.05) is 7.05 Å². The summed E-state index contributed by atoms with van der Waals surface area (Å²) in [5, 5.41) is 6.64. The highest BCUT2D eigenvalue weighted by Gasteiger charge is 2.26. The zero-order valence-corrected chi connectivity index (χ0v) is 9.93. The van der Waals surface area contributed by atoms with Gasteiger partial charge >= 0.3 is 0 Å². The average molecular weight is 221 g/mol. The molecule has 0 aliphatic heterocycles. The van der Waals surface area contributed by atoms with Gasteiger partial charge in [0.05, 0.1) is 11.1 Å². The molecule has 0 aliphatic rings. The molecule has 0 heterocycles. The summed E-state index contributed by atoms with van der Waals surface area (Å²) >= 11 is 0. The van der Waals surface area contributed by atoms with Crippen molar-refractivity contribution in [1.82, 2.24) is 4.31 Å². The molecule has 6 heteroatoms. The number of nitrogens with zero attached hydrogens (tertiary/aromatic N) is 1. The van der Waals surface area contributed by atoms with Gasteiger partial charge in [0.15, 0.2) is 0 Å². The summed E-state index contributed by atoms with van der Waals surface area (Å²) in [4.78, 5) is 0. The van der Waals surface area contributed by atoms with E-state index in [0.29, 0.717) is 0 Å². The second-order valence-electron chi connectivity index (χ2n) is 3.69. The molecule has 0 saturated heterocycles. The first-order chi connectivity index (χ1) is 6.19. The molecule has 1 atom stereocenters. The summed E-state index contributed by atoms with van der Waals surface area (Å²) in [6, 6.07) is -0.264. The molecule has 0 rings (SSSR count). The van der Waals surface area contributed by atoms with E-state index in [1.165, 1.54) is 11.4 Å². The number of rotatable bonds is 5. The third-order valence-electron chi connectivity index (χ3n) is 2.13. The van der Waals surface area contributed by atoms with Crippen LogP contribution in [0.5, 0.6) is 0 Å². The largest absolute Gasteiger partial charge is 0.388 e. The van der Waals surface area contributed by atoms with E-state index in [0.717, 1.165) is 0 Å². The number of amidine groups is 1. The van der Waals surface area contributed by atoms with Gasteiger partial charge in [-0.3, -0.25) is 5.41 Å². The summed E-state index contributed by atoms with van der Waals surface area (Å²) < 4.78 is 24.6. The average Bonchev–Trinajstić information content (AvgIpc) is 2.01. The molecular weight excluding hydrogens is 202 g/mol. The molecule has 0 aromatic heterocycles. The van der Waals surface area contributed by atoms with Gasteiger partial charge in [0.25, 0.3) is 0 Å². The number of nitrogens with two attached hydrogens (primary N) is 1. The van der Waals surface area contributed by atoms with Gasteiger partial charge in [-0.25, -0.2) is 12.7 Å². The van der Waals surface area contributed by atoms with Crippen LogP contribution < -0.4 is 5.73 Å². The van der Waals surface area contributed by atoms with E-state index in [1.807, 2.05) is 0 Å². The number of nitrogens with one attached hydrogen (secondary N) is 1. The summed E-state index contributed by atoms with van der Waals surface area (Å²) in [5.74, 6) is 0.00306. The fourth-order valence-electron chi connectivity index (χ4n) is 1.03. The van der Waals surface area contributed by atoms with Crippen LogP contribution in [0.3, 0.4) is 0 Å². The predicted octanol–water partition coefficient (Wildman–Crippen LogP) is 0.371. The Labute approximate surface area is 85.8 Å². The second kappa shape index (κ2) is 4.75. The lowest BCUT2D eigenvalue weighted by Gasteiger charge is -2.25. The fraction of sp³-hybridized carbons (Fsp3) is 0.875. The molecule has 0 fully saturated rings. The van der Waals surface area contributed by atoms with Gasteiger partial charge in [0, 0.05) is 19.5 Å². The first-order valence-corrected chi connectivity index (χ1v) is 5.99. The maximum Gasteiger partial charge on any atom is 0.216 e. The molecule has 0 radical (unpaired) electrons. The van der Waals surface area contributed by atoms with E-state index in [1.54, 1.807) is 20.8 Å².